The van der Waals surface area contributed by atoms with E-state index in [0.29, 0.717) is 0 Å². The molecule has 0 aliphatic heterocycles. The number of halogens is 1. The molecular formula is C20H16FN3. The highest BCUT2D eigenvalue weighted by Crippen LogP contribution is 2.32. The molecule has 2 aromatic carbocycles. The van der Waals surface area contributed by atoms with Crippen molar-refractivity contribution in [3.63, 3.8) is 0 Å². The van der Waals surface area contributed by atoms with Crippen LogP contribution in [0.2, 0.25) is 0 Å². The number of H-pyrrole nitrogens is 1. The highest BCUT2D eigenvalue weighted by molar-refractivity contribution is 5.81. The lowest BCUT2D eigenvalue weighted by Gasteiger charge is -2.02. The summed E-state index contributed by atoms with van der Waals surface area (Å²) in [6, 6.07) is 24.5. The summed E-state index contributed by atoms with van der Waals surface area (Å²) in [6.07, 6.45) is 3.56. The summed E-state index contributed by atoms with van der Waals surface area (Å²) in [4.78, 5) is 12.4. The number of hydrogen-bond donors (Lipinski definition) is 1. The van der Waals surface area contributed by atoms with Gasteiger partial charge >= 0.3 is 0 Å². The van der Waals surface area contributed by atoms with Gasteiger partial charge in [-0.3, -0.25) is 9.69 Å². The molecule has 0 bridgehead atoms. The summed E-state index contributed by atoms with van der Waals surface area (Å²) in [6.45, 7) is 0. The molecule has 2 heterocycles. The number of pyridine rings is 1. The predicted octanol–water partition coefficient (Wildman–Crippen LogP) is 4.96. The van der Waals surface area contributed by atoms with Crippen LogP contribution in [-0.4, -0.2) is 15.0 Å². The fourth-order valence-electron chi connectivity index (χ4n) is 2.64. The predicted molar refractivity (Wildman–Crippen MR) is 95.2 cm³/mol. The molecule has 0 fully saturated rings. The Balaban J connectivity index is 0.00000169. The van der Waals surface area contributed by atoms with Crippen molar-refractivity contribution in [2.45, 2.75) is 0 Å². The smallest absolute Gasteiger partial charge is 0.138 e. The van der Waals surface area contributed by atoms with Crippen LogP contribution in [0.3, 0.4) is 0 Å². The molecule has 1 N–H and O–H groups in total. The van der Waals surface area contributed by atoms with E-state index in [1.165, 1.54) is 0 Å². The summed E-state index contributed by atoms with van der Waals surface area (Å²) >= 11 is 0. The quantitative estimate of drug-likeness (QED) is 0.580. The first kappa shape index (κ1) is 15.6. The van der Waals surface area contributed by atoms with Gasteiger partial charge in [0.1, 0.15) is 5.82 Å². The van der Waals surface area contributed by atoms with Crippen LogP contribution in [-0.2, 0) is 0 Å². The van der Waals surface area contributed by atoms with Gasteiger partial charge in [0, 0.05) is 29.1 Å². The Hall–Kier alpha value is -3.27. The second-order valence-electron chi connectivity index (χ2n) is 5.28. The molecule has 0 atom stereocenters. The molecule has 0 saturated carbocycles. The third-order valence-corrected chi connectivity index (χ3v) is 3.77. The van der Waals surface area contributed by atoms with Crippen molar-refractivity contribution in [3.05, 3.63) is 85.2 Å². The van der Waals surface area contributed by atoms with Crippen LogP contribution in [0.15, 0.2) is 85.2 Å². The van der Waals surface area contributed by atoms with Gasteiger partial charge in [0.25, 0.3) is 0 Å². The maximum atomic E-state index is 4.84. The third-order valence-electron chi connectivity index (χ3n) is 3.77. The molecule has 2 aromatic heterocycles. The number of rotatable bonds is 3. The van der Waals surface area contributed by atoms with Crippen LogP contribution >= 0.6 is 0 Å². The van der Waals surface area contributed by atoms with Gasteiger partial charge in [-0.2, -0.15) is 0 Å². The Labute approximate surface area is 139 Å². The van der Waals surface area contributed by atoms with Gasteiger partial charge in [0.05, 0.1) is 11.4 Å². The maximum absolute atomic E-state index is 4.84. The number of aromatic amines is 1. The fraction of sp³-hybridized carbons (Fsp3) is 0. The van der Waals surface area contributed by atoms with Gasteiger partial charge in [0.2, 0.25) is 0 Å². The van der Waals surface area contributed by atoms with E-state index in [-0.39, 0.29) is 4.70 Å². The van der Waals surface area contributed by atoms with Crippen molar-refractivity contribution in [2.75, 3.05) is 0 Å². The molecule has 0 radical (unpaired) electrons. The molecule has 0 saturated heterocycles. The number of hydrogen-bond acceptors (Lipinski definition) is 2. The minimum Gasteiger partial charge on any atom is -0.337 e. The van der Waals surface area contributed by atoms with Crippen LogP contribution in [0, 0.1) is 0 Å². The molecule has 24 heavy (non-hydrogen) atoms. The van der Waals surface area contributed by atoms with Gasteiger partial charge < -0.3 is 4.98 Å². The van der Waals surface area contributed by atoms with Crippen LogP contribution < -0.4 is 0 Å². The maximum Gasteiger partial charge on any atom is 0.138 e. The van der Waals surface area contributed by atoms with E-state index in [9.17, 15) is 0 Å². The van der Waals surface area contributed by atoms with E-state index in [1.807, 2.05) is 48.5 Å². The van der Waals surface area contributed by atoms with E-state index in [1.54, 1.807) is 12.4 Å². The Bertz CT molecular complexity index is 847. The zero-order valence-electron chi connectivity index (χ0n) is 12.9. The molecule has 4 heteroatoms. The molecule has 0 spiro atoms. The molecule has 4 aromatic rings. The average Bonchev–Trinajstić information content (AvgIpc) is 3.09. The highest BCUT2D eigenvalue weighted by atomic mass is 19.0. The van der Waals surface area contributed by atoms with Gasteiger partial charge in [-0.05, 0) is 12.1 Å². The van der Waals surface area contributed by atoms with Crippen molar-refractivity contribution < 1.29 is 4.70 Å². The highest BCUT2D eigenvalue weighted by Gasteiger charge is 2.14. The van der Waals surface area contributed by atoms with Crippen LogP contribution in [0.1, 0.15) is 0 Å². The zero-order valence-corrected chi connectivity index (χ0v) is 12.9. The third kappa shape index (κ3) is 2.94. The second-order valence-corrected chi connectivity index (χ2v) is 5.28. The number of nitrogens with one attached hydrogen (secondary N) is 1. The summed E-state index contributed by atoms with van der Waals surface area (Å²) in [5.74, 6) is 0.852. The number of imidazole rings is 1. The van der Waals surface area contributed by atoms with Crippen molar-refractivity contribution in [2.24, 2.45) is 0 Å². The zero-order chi connectivity index (χ0) is 15.5. The minimum absolute atomic E-state index is 0. The van der Waals surface area contributed by atoms with Crippen molar-refractivity contribution in [3.8, 4) is 33.9 Å². The Morgan fingerprint density at radius 2 is 1.21 bits per heavy atom. The molecule has 0 aliphatic carbocycles. The average molecular weight is 317 g/mol. The van der Waals surface area contributed by atoms with Gasteiger partial charge in [-0.25, -0.2) is 4.98 Å². The summed E-state index contributed by atoms with van der Waals surface area (Å²) in [5.41, 5.74) is 5.24. The Kier molecular flexibility index (Phi) is 4.47. The van der Waals surface area contributed by atoms with E-state index in [2.05, 4.69) is 34.2 Å². The van der Waals surface area contributed by atoms with Crippen LogP contribution in [0.4, 0.5) is 4.70 Å². The summed E-state index contributed by atoms with van der Waals surface area (Å²) < 4.78 is 0. The normalized spacial score (nSPS) is 10.2. The molecule has 4 rings (SSSR count). The molecule has 0 unspecified atom stereocenters. The van der Waals surface area contributed by atoms with Crippen LogP contribution in [0.25, 0.3) is 33.9 Å². The Morgan fingerprint density at radius 3 is 1.83 bits per heavy atom. The standard InChI is InChI=1S/C20H15N3.FH/c1-3-7-15(8-4-1)18-19(16-9-5-2-6-10-16)23-20(22-18)17-11-13-21-14-12-17;/h1-14H,(H,22,23);1H. The lowest BCUT2D eigenvalue weighted by atomic mass is 10.1. The number of nitrogens with zero attached hydrogens (tertiary/aromatic N) is 2. The van der Waals surface area contributed by atoms with E-state index >= 15 is 0 Å². The minimum atomic E-state index is 0. The van der Waals surface area contributed by atoms with E-state index in [4.69, 9.17) is 4.98 Å². The van der Waals surface area contributed by atoms with E-state index in [0.717, 1.165) is 33.9 Å². The second kappa shape index (κ2) is 6.87. The largest absolute Gasteiger partial charge is 0.337 e. The SMILES string of the molecule is F.c1ccc(-c2nc(-c3ccncc3)[nH]c2-c2ccccc2)cc1. The molecule has 118 valence electrons. The number of aromatic nitrogens is 3. The summed E-state index contributed by atoms with van der Waals surface area (Å²) in [5, 5.41) is 0. The fourth-order valence-corrected chi connectivity index (χ4v) is 2.64. The molecule has 0 amide bonds. The van der Waals surface area contributed by atoms with Crippen molar-refractivity contribution in [1.29, 1.82) is 0 Å². The molecule has 3 nitrogen and oxygen atoms in total. The van der Waals surface area contributed by atoms with Crippen LogP contribution in [0.5, 0.6) is 0 Å². The lowest BCUT2D eigenvalue weighted by molar-refractivity contribution is 1.11. The molecule has 0 aliphatic rings. The first-order valence-corrected chi connectivity index (χ1v) is 7.53. The topological polar surface area (TPSA) is 41.6 Å². The lowest BCUT2D eigenvalue weighted by Crippen LogP contribution is -1.82. The first-order chi connectivity index (χ1) is 11.4. The monoisotopic (exact) mass is 317 g/mol. The summed E-state index contributed by atoms with van der Waals surface area (Å²) in [7, 11) is 0. The first-order valence-electron chi connectivity index (χ1n) is 7.53. The van der Waals surface area contributed by atoms with Gasteiger partial charge in [0.15, 0.2) is 0 Å². The number of benzene rings is 2. The van der Waals surface area contributed by atoms with Crippen molar-refractivity contribution in [1.82, 2.24) is 15.0 Å². The molecular weight excluding hydrogens is 301 g/mol. The van der Waals surface area contributed by atoms with Gasteiger partial charge in [-0.1, -0.05) is 60.7 Å². The van der Waals surface area contributed by atoms with Crippen molar-refractivity contribution >= 4 is 0 Å². The van der Waals surface area contributed by atoms with E-state index < -0.39 is 0 Å². The Morgan fingerprint density at radius 1 is 0.625 bits per heavy atom. The van der Waals surface area contributed by atoms with Gasteiger partial charge in [-0.15, -0.1) is 0 Å².